The molecule has 0 heterocycles. The van der Waals surface area contributed by atoms with Crippen molar-refractivity contribution in [3.63, 3.8) is 0 Å². The van der Waals surface area contributed by atoms with E-state index in [2.05, 4.69) is 21.2 Å². The van der Waals surface area contributed by atoms with Crippen LogP contribution in [0.5, 0.6) is 0 Å². The molecule has 0 bridgehead atoms. The van der Waals surface area contributed by atoms with E-state index in [-0.39, 0.29) is 16.1 Å². The van der Waals surface area contributed by atoms with E-state index in [1.54, 1.807) is 0 Å². The number of anilines is 1. The number of hydrogen-bond acceptors (Lipinski definition) is 3. The van der Waals surface area contributed by atoms with Gasteiger partial charge in [0, 0.05) is 5.69 Å². The summed E-state index contributed by atoms with van der Waals surface area (Å²) in [7, 11) is -4.18. The molecular formula is C8H8BrNO4S. The van der Waals surface area contributed by atoms with Crippen molar-refractivity contribution < 1.29 is 17.8 Å². The van der Waals surface area contributed by atoms with E-state index in [4.69, 9.17) is 4.55 Å². The quantitative estimate of drug-likeness (QED) is 0.649. The van der Waals surface area contributed by atoms with E-state index in [0.29, 0.717) is 5.69 Å². The second-order valence-corrected chi connectivity index (χ2v) is 4.66. The minimum atomic E-state index is -4.18. The Bertz CT molecular complexity index is 454. The standard InChI is InChI=1S/C8H8BrNO4S/c9-5-8(11)10-6-1-3-7(4-2-6)15(12,13)14/h1-4H,5H2,(H,10,11)(H,12,13,14). The maximum atomic E-state index is 10.9. The third-order valence-electron chi connectivity index (χ3n) is 1.56. The first-order valence-corrected chi connectivity index (χ1v) is 6.43. The molecule has 0 saturated carbocycles. The van der Waals surface area contributed by atoms with Gasteiger partial charge in [0.1, 0.15) is 0 Å². The summed E-state index contributed by atoms with van der Waals surface area (Å²) in [6.07, 6.45) is 0. The summed E-state index contributed by atoms with van der Waals surface area (Å²) in [6, 6.07) is 5.20. The second-order valence-electron chi connectivity index (χ2n) is 2.68. The van der Waals surface area contributed by atoms with Gasteiger partial charge in [0.2, 0.25) is 5.91 Å². The smallest absolute Gasteiger partial charge is 0.294 e. The van der Waals surface area contributed by atoms with Crippen molar-refractivity contribution >= 4 is 37.6 Å². The number of amides is 1. The van der Waals surface area contributed by atoms with Crippen LogP contribution in [0.15, 0.2) is 29.2 Å². The highest BCUT2D eigenvalue weighted by Gasteiger charge is 2.08. The van der Waals surface area contributed by atoms with Crippen molar-refractivity contribution in [1.29, 1.82) is 0 Å². The number of halogens is 1. The SMILES string of the molecule is O=C(CBr)Nc1ccc(S(=O)(=O)O)cc1. The van der Waals surface area contributed by atoms with Gasteiger partial charge in [0.25, 0.3) is 10.1 Å². The lowest BCUT2D eigenvalue weighted by atomic mass is 10.3. The molecule has 1 amide bonds. The molecule has 1 aromatic carbocycles. The lowest BCUT2D eigenvalue weighted by Gasteiger charge is -2.03. The van der Waals surface area contributed by atoms with Gasteiger partial charge in [-0.2, -0.15) is 8.42 Å². The van der Waals surface area contributed by atoms with Gasteiger partial charge in [-0.25, -0.2) is 0 Å². The van der Waals surface area contributed by atoms with E-state index in [9.17, 15) is 13.2 Å². The molecule has 82 valence electrons. The van der Waals surface area contributed by atoms with Crippen LogP contribution in [-0.4, -0.2) is 24.2 Å². The van der Waals surface area contributed by atoms with E-state index < -0.39 is 10.1 Å². The van der Waals surface area contributed by atoms with E-state index >= 15 is 0 Å². The maximum absolute atomic E-state index is 10.9. The van der Waals surface area contributed by atoms with E-state index in [1.165, 1.54) is 24.3 Å². The highest BCUT2D eigenvalue weighted by atomic mass is 79.9. The molecule has 0 aliphatic rings. The Kier molecular flexibility index (Phi) is 3.83. The molecule has 0 aliphatic carbocycles. The van der Waals surface area contributed by atoms with Crippen LogP contribution in [0.4, 0.5) is 5.69 Å². The Balaban J connectivity index is 2.86. The van der Waals surface area contributed by atoms with Crippen LogP contribution >= 0.6 is 15.9 Å². The zero-order chi connectivity index (χ0) is 11.5. The average molecular weight is 294 g/mol. The van der Waals surface area contributed by atoms with Crippen LogP contribution in [0.25, 0.3) is 0 Å². The van der Waals surface area contributed by atoms with E-state index in [0.717, 1.165) is 0 Å². The molecular weight excluding hydrogens is 286 g/mol. The first kappa shape index (κ1) is 12.2. The molecule has 15 heavy (non-hydrogen) atoms. The third kappa shape index (κ3) is 3.61. The van der Waals surface area contributed by atoms with Crippen LogP contribution in [0.2, 0.25) is 0 Å². The number of alkyl halides is 1. The maximum Gasteiger partial charge on any atom is 0.294 e. The van der Waals surface area contributed by atoms with Crippen molar-refractivity contribution in [2.24, 2.45) is 0 Å². The molecule has 0 aliphatic heterocycles. The lowest BCUT2D eigenvalue weighted by molar-refractivity contribution is -0.113. The largest absolute Gasteiger partial charge is 0.325 e. The summed E-state index contributed by atoms with van der Waals surface area (Å²) in [5.74, 6) is -0.241. The minimum Gasteiger partial charge on any atom is -0.325 e. The van der Waals surface area contributed by atoms with Gasteiger partial charge in [-0.15, -0.1) is 0 Å². The average Bonchev–Trinajstić information content (AvgIpc) is 2.17. The van der Waals surface area contributed by atoms with Gasteiger partial charge in [0.05, 0.1) is 10.2 Å². The summed E-state index contributed by atoms with van der Waals surface area (Å²) in [6.45, 7) is 0. The minimum absolute atomic E-state index is 0.160. The highest BCUT2D eigenvalue weighted by molar-refractivity contribution is 9.09. The second kappa shape index (κ2) is 4.73. The predicted molar refractivity (Wildman–Crippen MR) is 58.7 cm³/mol. The van der Waals surface area contributed by atoms with Crippen LogP contribution in [0, 0.1) is 0 Å². The summed E-state index contributed by atoms with van der Waals surface area (Å²) < 4.78 is 30.1. The van der Waals surface area contributed by atoms with Crippen molar-refractivity contribution in [3.05, 3.63) is 24.3 Å². The molecule has 1 aromatic rings. The van der Waals surface area contributed by atoms with Crippen LogP contribution < -0.4 is 5.32 Å². The summed E-state index contributed by atoms with van der Waals surface area (Å²) >= 11 is 2.97. The Morgan fingerprint density at radius 3 is 2.27 bits per heavy atom. The van der Waals surface area contributed by atoms with E-state index in [1.807, 2.05) is 0 Å². The van der Waals surface area contributed by atoms with Crippen molar-refractivity contribution in [1.82, 2.24) is 0 Å². The zero-order valence-electron chi connectivity index (χ0n) is 7.47. The zero-order valence-corrected chi connectivity index (χ0v) is 9.88. The lowest BCUT2D eigenvalue weighted by Crippen LogP contribution is -2.12. The van der Waals surface area contributed by atoms with Crippen molar-refractivity contribution in [3.8, 4) is 0 Å². The number of rotatable bonds is 3. The molecule has 1 rings (SSSR count). The summed E-state index contributed by atoms with van der Waals surface area (Å²) in [5, 5.41) is 2.67. The first-order valence-electron chi connectivity index (χ1n) is 3.87. The molecule has 2 N–H and O–H groups in total. The molecule has 0 fully saturated rings. The molecule has 5 nitrogen and oxygen atoms in total. The summed E-state index contributed by atoms with van der Waals surface area (Å²) in [5.41, 5.74) is 0.465. The third-order valence-corrected chi connectivity index (χ3v) is 2.93. The van der Waals surface area contributed by atoms with Gasteiger partial charge in [-0.1, -0.05) is 15.9 Å². The number of hydrogen-bond donors (Lipinski definition) is 2. The Morgan fingerprint density at radius 2 is 1.87 bits per heavy atom. The molecule has 0 aromatic heterocycles. The van der Waals surface area contributed by atoms with Gasteiger partial charge in [0.15, 0.2) is 0 Å². The number of carbonyl (C=O) groups is 1. The van der Waals surface area contributed by atoms with Gasteiger partial charge >= 0.3 is 0 Å². The predicted octanol–water partition coefficient (Wildman–Crippen LogP) is 1.27. The fourth-order valence-electron chi connectivity index (χ4n) is 0.905. The van der Waals surface area contributed by atoms with Crippen LogP contribution in [0.3, 0.4) is 0 Å². The fraction of sp³-hybridized carbons (Fsp3) is 0.125. The Hall–Kier alpha value is -0.920. The van der Waals surface area contributed by atoms with Crippen LogP contribution in [-0.2, 0) is 14.9 Å². The number of benzene rings is 1. The Morgan fingerprint density at radius 1 is 1.33 bits per heavy atom. The molecule has 0 spiro atoms. The molecule has 0 saturated heterocycles. The highest BCUT2D eigenvalue weighted by Crippen LogP contribution is 2.13. The van der Waals surface area contributed by atoms with Crippen molar-refractivity contribution in [2.75, 3.05) is 10.6 Å². The number of nitrogens with one attached hydrogen (secondary N) is 1. The van der Waals surface area contributed by atoms with Crippen molar-refractivity contribution in [2.45, 2.75) is 4.90 Å². The molecule has 7 heteroatoms. The van der Waals surface area contributed by atoms with Crippen LogP contribution in [0.1, 0.15) is 0 Å². The fourth-order valence-corrected chi connectivity index (χ4v) is 1.52. The summed E-state index contributed by atoms with van der Waals surface area (Å²) in [4.78, 5) is 10.7. The molecule has 0 unspecified atom stereocenters. The van der Waals surface area contributed by atoms with Gasteiger partial charge in [-0.05, 0) is 24.3 Å². The monoisotopic (exact) mass is 293 g/mol. The topological polar surface area (TPSA) is 83.5 Å². The van der Waals surface area contributed by atoms with Gasteiger partial charge < -0.3 is 5.32 Å². The Labute approximate surface area is 95.4 Å². The molecule has 0 radical (unpaired) electrons. The number of carbonyl (C=O) groups excluding carboxylic acids is 1. The normalized spacial score (nSPS) is 11.1. The van der Waals surface area contributed by atoms with Gasteiger partial charge in [-0.3, -0.25) is 9.35 Å². The molecule has 0 atom stereocenters. The first-order chi connectivity index (χ1) is 6.93.